The summed E-state index contributed by atoms with van der Waals surface area (Å²) >= 11 is 1.20. The van der Waals surface area contributed by atoms with Gasteiger partial charge in [0, 0.05) is 12.6 Å². The molecule has 1 atom stereocenters. The number of imide groups is 1. The maximum Gasteiger partial charge on any atom is 0.321 e. The molecule has 1 saturated heterocycles. The van der Waals surface area contributed by atoms with Crippen LogP contribution < -0.4 is 10.6 Å². The number of nitrogens with zero attached hydrogens (tertiary/aromatic N) is 4. The molecule has 0 spiro atoms. The van der Waals surface area contributed by atoms with Gasteiger partial charge in [0.2, 0.25) is 11.1 Å². The maximum absolute atomic E-state index is 11.7. The molecule has 9 nitrogen and oxygen atoms in total. The molecule has 3 rings (SSSR count). The first kappa shape index (κ1) is 15.2. The van der Waals surface area contributed by atoms with E-state index in [9.17, 15) is 9.59 Å². The highest BCUT2D eigenvalue weighted by molar-refractivity contribution is 7.99. The molecule has 2 N–H and O–H groups in total. The highest BCUT2D eigenvalue weighted by Gasteiger charge is 2.24. The quantitative estimate of drug-likeness (QED) is 0.704. The minimum Gasteiger partial charge on any atom is -0.376 e. The third kappa shape index (κ3) is 4.41. The van der Waals surface area contributed by atoms with E-state index in [1.807, 2.05) is 0 Å². The summed E-state index contributed by atoms with van der Waals surface area (Å²) in [6.45, 7) is 1.35. The van der Waals surface area contributed by atoms with E-state index < -0.39 is 6.03 Å². The Morgan fingerprint density at radius 3 is 2.95 bits per heavy atom. The van der Waals surface area contributed by atoms with Crippen molar-refractivity contribution in [3.8, 4) is 0 Å². The number of ether oxygens (including phenoxy) is 1. The van der Waals surface area contributed by atoms with Crippen molar-refractivity contribution in [3.63, 3.8) is 0 Å². The first-order valence-corrected chi connectivity index (χ1v) is 8.30. The first-order chi connectivity index (χ1) is 10.7. The molecule has 0 unspecified atom stereocenters. The van der Waals surface area contributed by atoms with Crippen LogP contribution in [0, 0.1) is 0 Å². The van der Waals surface area contributed by atoms with Crippen molar-refractivity contribution >= 4 is 23.7 Å². The van der Waals surface area contributed by atoms with Gasteiger partial charge in [-0.2, -0.15) is 0 Å². The second kappa shape index (κ2) is 7.05. The van der Waals surface area contributed by atoms with E-state index in [2.05, 4.69) is 26.2 Å². The van der Waals surface area contributed by atoms with Gasteiger partial charge in [-0.3, -0.25) is 10.1 Å². The Labute approximate surface area is 131 Å². The minimum atomic E-state index is -0.438. The van der Waals surface area contributed by atoms with Gasteiger partial charge in [-0.1, -0.05) is 11.8 Å². The zero-order valence-corrected chi connectivity index (χ0v) is 12.8. The minimum absolute atomic E-state index is 0.0873. The highest BCUT2D eigenvalue weighted by Crippen LogP contribution is 2.19. The van der Waals surface area contributed by atoms with Gasteiger partial charge >= 0.3 is 6.03 Å². The number of hydrogen-bond acceptors (Lipinski definition) is 7. The molecule has 22 heavy (non-hydrogen) atoms. The number of carbonyl (C=O) groups is 2. The van der Waals surface area contributed by atoms with Gasteiger partial charge in [-0.05, 0) is 36.1 Å². The molecule has 1 aliphatic carbocycles. The summed E-state index contributed by atoms with van der Waals surface area (Å²) in [7, 11) is 0. The van der Waals surface area contributed by atoms with Crippen LogP contribution in [0.1, 0.15) is 25.7 Å². The number of aromatic nitrogens is 4. The molecule has 2 fully saturated rings. The number of thioether (sulfide) groups is 1. The van der Waals surface area contributed by atoms with Crippen molar-refractivity contribution in [2.45, 2.75) is 49.5 Å². The third-order valence-electron chi connectivity index (χ3n) is 3.40. The molecule has 3 amide bonds. The Balaban J connectivity index is 1.43. The lowest BCUT2D eigenvalue weighted by atomic mass is 10.2. The van der Waals surface area contributed by atoms with Crippen molar-refractivity contribution in [2.24, 2.45) is 0 Å². The van der Waals surface area contributed by atoms with Crippen molar-refractivity contribution in [1.29, 1.82) is 0 Å². The zero-order valence-electron chi connectivity index (χ0n) is 12.0. The highest BCUT2D eigenvalue weighted by atomic mass is 32.2. The van der Waals surface area contributed by atoms with Gasteiger partial charge in [0.25, 0.3) is 0 Å². The van der Waals surface area contributed by atoms with Crippen molar-refractivity contribution in [1.82, 2.24) is 30.8 Å². The molecule has 120 valence electrons. The Bertz CT molecular complexity index is 541. The normalized spacial score (nSPS) is 20.8. The van der Waals surface area contributed by atoms with Crippen LogP contribution in [0.4, 0.5) is 4.79 Å². The predicted molar refractivity (Wildman–Crippen MR) is 77.2 cm³/mol. The van der Waals surface area contributed by atoms with Crippen LogP contribution in [-0.2, 0) is 16.1 Å². The van der Waals surface area contributed by atoms with Gasteiger partial charge in [0.1, 0.15) is 0 Å². The number of hydrogen-bond donors (Lipinski definition) is 2. The Morgan fingerprint density at radius 1 is 1.36 bits per heavy atom. The summed E-state index contributed by atoms with van der Waals surface area (Å²) in [6, 6.07) is -0.216. The average Bonchev–Trinajstić information content (AvgIpc) is 2.99. The van der Waals surface area contributed by atoms with Crippen LogP contribution in [0.5, 0.6) is 0 Å². The van der Waals surface area contributed by atoms with Crippen LogP contribution in [-0.4, -0.2) is 56.7 Å². The van der Waals surface area contributed by atoms with E-state index in [0.717, 1.165) is 32.3 Å². The van der Waals surface area contributed by atoms with E-state index in [1.165, 1.54) is 11.8 Å². The molecule has 10 heteroatoms. The Morgan fingerprint density at radius 2 is 2.23 bits per heavy atom. The van der Waals surface area contributed by atoms with Gasteiger partial charge in [-0.15, -0.1) is 5.10 Å². The number of carbonyl (C=O) groups excluding carboxylic acids is 2. The second-order valence-electron chi connectivity index (χ2n) is 5.36. The van der Waals surface area contributed by atoms with Gasteiger partial charge in [0.15, 0.2) is 0 Å². The van der Waals surface area contributed by atoms with E-state index >= 15 is 0 Å². The molecular weight excluding hydrogens is 308 g/mol. The second-order valence-corrected chi connectivity index (χ2v) is 6.31. The SMILES string of the molecule is O=C(CSc1nnnn1C[C@@H]1CCCO1)NC(=O)NC1CC1. The summed E-state index contributed by atoms with van der Waals surface area (Å²) in [5, 5.41) is 17.0. The van der Waals surface area contributed by atoms with Crippen molar-refractivity contribution in [2.75, 3.05) is 12.4 Å². The fourth-order valence-corrected chi connectivity index (χ4v) is 2.82. The largest absolute Gasteiger partial charge is 0.376 e. The molecule has 0 bridgehead atoms. The summed E-state index contributed by atoms with van der Waals surface area (Å²) in [4.78, 5) is 23.2. The lowest BCUT2D eigenvalue weighted by molar-refractivity contribution is -0.117. The van der Waals surface area contributed by atoms with Crippen LogP contribution in [0.25, 0.3) is 0 Å². The van der Waals surface area contributed by atoms with Crippen LogP contribution >= 0.6 is 11.8 Å². The topological polar surface area (TPSA) is 111 Å². The standard InChI is InChI=1S/C12H18N6O3S/c19-10(14-11(20)13-8-3-4-8)7-22-12-15-16-17-18(12)6-9-2-1-5-21-9/h8-9H,1-7H2,(H2,13,14,19,20)/t9-/m0/s1. The summed E-state index contributed by atoms with van der Waals surface area (Å²) in [5.74, 6) is -0.279. The number of tetrazole rings is 1. The lowest BCUT2D eigenvalue weighted by Crippen LogP contribution is -2.41. The molecule has 2 aliphatic rings. The third-order valence-corrected chi connectivity index (χ3v) is 4.35. The number of amides is 3. The first-order valence-electron chi connectivity index (χ1n) is 7.31. The average molecular weight is 326 g/mol. The van der Waals surface area contributed by atoms with E-state index in [4.69, 9.17) is 4.74 Å². The molecule has 1 aromatic heterocycles. The van der Waals surface area contributed by atoms with Gasteiger partial charge in [-0.25, -0.2) is 9.48 Å². The van der Waals surface area contributed by atoms with Gasteiger partial charge in [0.05, 0.1) is 18.4 Å². The molecule has 2 heterocycles. The smallest absolute Gasteiger partial charge is 0.321 e. The Kier molecular flexibility index (Phi) is 4.88. The van der Waals surface area contributed by atoms with Crippen molar-refractivity contribution in [3.05, 3.63) is 0 Å². The fraction of sp³-hybridized carbons (Fsp3) is 0.750. The molecule has 1 saturated carbocycles. The maximum atomic E-state index is 11.7. The summed E-state index contributed by atoms with van der Waals surface area (Å²) in [6.07, 6.45) is 4.13. The fourth-order valence-electron chi connectivity index (χ4n) is 2.14. The van der Waals surface area contributed by atoms with Crippen LogP contribution in [0.15, 0.2) is 5.16 Å². The van der Waals surface area contributed by atoms with Crippen LogP contribution in [0.2, 0.25) is 0 Å². The number of rotatable bonds is 6. The zero-order chi connectivity index (χ0) is 15.4. The monoisotopic (exact) mass is 326 g/mol. The van der Waals surface area contributed by atoms with Crippen LogP contribution in [0.3, 0.4) is 0 Å². The summed E-state index contributed by atoms with van der Waals surface area (Å²) < 4.78 is 7.18. The predicted octanol–water partition coefficient (Wildman–Crippen LogP) is -0.0676. The van der Waals surface area contributed by atoms with Crippen molar-refractivity contribution < 1.29 is 14.3 Å². The summed E-state index contributed by atoms with van der Waals surface area (Å²) in [5.41, 5.74) is 0. The molecule has 1 aromatic rings. The molecular formula is C12H18N6O3S. The van der Waals surface area contributed by atoms with Gasteiger partial charge < -0.3 is 10.1 Å². The Hall–Kier alpha value is -1.68. The number of urea groups is 1. The van der Waals surface area contributed by atoms with E-state index in [-0.39, 0.29) is 23.8 Å². The number of nitrogens with one attached hydrogen (secondary N) is 2. The molecule has 1 aliphatic heterocycles. The molecule has 0 radical (unpaired) electrons. The lowest BCUT2D eigenvalue weighted by Gasteiger charge is -2.10. The van der Waals surface area contributed by atoms with E-state index in [1.54, 1.807) is 4.68 Å². The molecule has 0 aromatic carbocycles. The van der Waals surface area contributed by atoms with E-state index in [0.29, 0.717) is 11.7 Å².